The summed E-state index contributed by atoms with van der Waals surface area (Å²) in [5.41, 5.74) is 2.07. The fourth-order valence-corrected chi connectivity index (χ4v) is 2.88. The number of para-hydroxylation sites is 3. The van der Waals surface area contributed by atoms with Crippen molar-refractivity contribution in [3.05, 3.63) is 90.5 Å². The number of likely N-dealkylation sites (N-methyl/N-ethyl adjacent to an activating group) is 1. The summed E-state index contributed by atoms with van der Waals surface area (Å²) in [6, 6.07) is 26.8. The Kier molecular flexibility index (Phi) is 7.52. The van der Waals surface area contributed by atoms with E-state index in [1.54, 1.807) is 24.3 Å². The zero-order chi connectivity index (χ0) is 20.3. The summed E-state index contributed by atoms with van der Waals surface area (Å²) in [7, 11) is 0. The zero-order valence-corrected chi connectivity index (χ0v) is 16.5. The van der Waals surface area contributed by atoms with Crippen LogP contribution < -0.4 is 14.4 Å². The van der Waals surface area contributed by atoms with Crippen molar-refractivity contribution in [2.45, 2.75) is 13.5 Å². The van der Waals surface area contributed by atoms with Crippen LogP contribution in [0.4, 0.5) is 10.5 Å². The number of anilines is 1. The largest absolute Gasteiger partial charge is 0.513 e. The van der Waals surface area contributed by atoms with Gasteiger partial charge in [0.05, 0.1) is 12.2 Å². The molecule has 0 unspecified atom stereocenters. The molecular weight excluding hydrogens is 366 g/mol. The summed E-state index contributed by atoms with van der Waals surface area (Å²) in [4.78, 5) is 14.0. The number of benzene rings is 3. The summed E-state index contributed by atoms with van der Waals surface area (Å²) in [5, 5.41) is 0. The van der Waals surface area contributed by atoms with Crippen LogP contribution in [0.3, 0.4) is 0 Å². The van der Waals surface area contributed by atoms with Gasteiger partial charge in [-0.1, -0.05) is 60.7 Å². The first-order valence-electron chi connectivity index (χ1n) is 9.66. The third-order valence-corrected chi connectivity index (χ3v) is 4.35. The van der Waals surface area contributed by atoms with Crippen LogP contribution in [0.5, 0.6) is 11.5 Å². The minimum Gasteiger partial charge on any atom is -0.487 e. The molecule has 0 spiro atoms. The second kappa shape index (κ2) is 10.8. The van der Waals surface area contributed by atoms with Crippen LogP contribution in [0.1, 0.15) is 12.5 Å². The Morgan fingerprint density at radius 3 is 2.24 bits per heavy atom. The Hall–Kier alpha value is -3.47. The summed E-state index contributed by atoms with van der Waals surface area (Å²) in [6.45, 7) is 4.05. The molecule has 0 aliphatic rings. The van der Waals surface area contributed by atoms with Gasteiger partial charge in [-0.15, -0.1) is 0 Å². The first-order valence-corrected chi connectivity index (χ1v) is 9.66. The summed E-state index contributed by atoms with van der Waals surface area (Å²) in [5.74, 6) is 1.26. The Morgan fingerprint density at radius 2 is 1.52 bits per heavy atom. The fourth-order valence-electron chi connectivity index (χ4n) is 2.88. The van der Waals surface area contributed by atoms with Gasteiger partial charge in [-0.2, -0.15) is 0 Å². The maximum Gasteiger partial charge on any atom is 0.513 e. The van der Waals surface area contributed by atoms with E-state index >= 15 is 0 Å². The van der Waals surface area contributed by atoms with E-state index in [4.69, 9.17) is 14.2 Å². The van der Waals surface area contributed by atoms with Crippen LogP contribution >= 0.6 is 0 Å². The topological polar surface area (TPSA) is 48.0 Å². The molecule has 0 N–H and O–H groups in total. The molecule has 0 aromatic heterocycles. The lowest BCUT2D eigenvalue weighted by Gasteiger charge is -2.25. The molecule has 0 saturated carbocycles. The van der Waals surface area contributed by atoms with Gasteiger partial charge < -0.3 is 19.1 Å². The molecule has 5 nitrogen and oxygen atoms in total. The van der Waals surface area contributed by atoms with Gasteiger partial charge in [0, 0.05) is 6.54 Å². The monoisotopic (exact) mass is 391 g/mol. The van der Waals surface area contributed by atoms with E-state index in [0.29, 0.717) is 18.9 Å². The minimum atomic E-state index is -0.708. The molecule has 150 valence electrons. The second-order valence-electron chi connectivity index (χ2n) is 6.34. The summed E-state index contributed by atoms with van der Waals surface area (Å²) in [6.07, 6.45) is -0.708. The van der Waals surface area contributed by atoms with Gasteiger partial charge in [0.15, 0.2) is 0 Å². The molecule has 3 aromatic carbocycles. The van der Waals surface area contributed by atoms with E-state index in [9.17, 15) is 4.79 Å². The molecule has 0 fully saturated rings. The third kappa shape index (κ3) is 6.28. The highest BCUT2D eigenvalue weighted by molar-refractivity contribution is 5.64. The molecule has 3 aromatic rings. The Balaban J connectivity index is 1.54. The average molecular weight is 391 g/mol. The highest BCUT2D eigenvalue weighted by Crippen LogP contribution is 2.28. The predicted octanol–water partition coefficient (Wildman–Crippen LogP) is 5.31. The smallest absolute Gasteiger partial charge is 0.487 e. The minimum absolute atomic E-state index is 0.215. The van der Waals surface area contributed by atoms with E-state index in [-0.39, 0.29) is 6.61 Å². The van der Waals surface area contributed by atoms with Crippen molar-refractivity contribution in [2.24, 2.45) is 0 Å². The van der Waals surface area contributed by atoms with E-state index in [1.807, 2.05) is 60.7 Å². The molecule has 0 amide bonds. The first kappa shape index (κ1) is 20.3. The van der Waals surface area contributed by atoms with Crippen molar-refractivity contribution in [3.8, 4) is 11.5 Å². The third-order valence-electron chi connectivity index (χ3n) is 4.35. The summed E-state index contributed by atoms with van der Waals surface area (Å²) >= 11 is 0. The number of hydrogen-bond donors (Lipinski definition) is 0. The number of rotatable bonds is 9. The molecule has 29 heavy (non-hydrogen) atoms. The van der Waals surface area contributed by atoms with Gasteiger partial charge in [-0.25, -0.2) is 4.79 Å². The fraction of sp³-hybridized carbons (Fsp3) is 0.208. The van der Waals surface area contributed by atoms with E-state index < -0.39 is 6.16 Å². The van der Waals surface area contributed by atoms with Crippen LogP contribution in [0.2, 0.25) is 0 Å². The highest BCUT2D eigenvalue weighted by Gasteiger charge is 2.12. The van der Waals surface area contributed by atoms with Gasteiger partial charge >= 0.3 is 6.16 Å². The lowest BCUT2D eigenvalue weighted by Crippen LogP contribution is -2.29. The lowest BCUT2D eigenvalue weighted by atomic mass is 10.2. The lowest BCUT2D eigenvalue weighted by molar-refractivity contribution is 0.101. The standard InChI is InChI=1S/C24H25NO4/c1-2-25(17-18-27-24(26)29-21-13-7-4-8-14-21)22-15-9-10-16-23(22)28-19-20-11-5-3-6-12-20/h3-16H,2,17-19H2,1H3. The van der Waals surface area contributed by atoms with E-state index in [2.05, 4.69) is 11.8 Å². The molecule has 0 aliphatic carbocycles. The van der Waals surface area contributed by atoms with Crippen LogP contribution in [0, 0.1) is 0 Å². The molecule has 0 heterocycles. The second-order valence-corrected chi connectivity index (χ2v) is 6.34. The summed E-state index contributed by atoms with van der Waals surface area (Å²) < 4.78 is 16.4. The highest BCUT2D eigenvalue weighted by atomic mass is 16.7. The molecule has 5 heteroatoms. The van der Waals surface area contributed by atoms with E-state index in [1.165, 1.54) is 0 Å². The van der Waals surface area contributed by atoms with Crippen LogP contribution in [0.15, 0.2) is 84.9 Å². The Bertz CT molecular complexity index is 884. The van der Waals surface area contributed by atoms with Crippen molar-refractivity contribution < 1.29 is 19.0 Å². The molecule has 0 saturated heterocycles. The van der Waals surface area contributed by atoms with Crippen LogP contribution in [-0.2, 0) is 11.3 Å². The molecular formula is C24H25NO4. The quantitative estimate of drug-likeness (QED) is 0.366. The van der Waals surface area contributed by atoms with Gasteiger partial charge in [0.2, 0.25) is 0 Å². The zero-order valence-electron chi connectivity index (χ0n) is 16.5. The Morgan fingerprint density at radius 1 is 0.862 bits per heavy atom. The molecule has 0 bridgehead atoms. The molecule has 0 aliphatic heterocycles. The molecule has 3 rings (SSSR count). The number of hydrogen-bond acceptors (Lipinski definition) is 5. The molecule has 0 radical (unpaired) electrons. The number of nitrogens with zero attached hydrogens (tertiary/aromatic N) is 1. The van der Waals surface area contributed by atoms with Crippen molar-refractivity contribution in [2.75, 3.05) is 24.6 Å². The normalized spacial score (nSPS) is 10.2. The molecule has 0 atom stereocenters. The van der Waals surface area contributed by atoms with Gasteiger partial charge in [0.1, 0.15) is 24.7 Å². The number of carbonyl (C=O) groups is 1. The first-order chi connectivity index (χ1) is 14.3. The predicted molar refractivity (Wildman–Crippen MR) is 114 cm³/mol. The van der Waals surface area contributed by atoms with Crippen molar-refractivity contribution >= 4 is 11.8 Å². The van der Waals surface area contributed by atoms with E-state index in [0.717, 1.165) is 23.5 Å². The van der Waals surface area contributed by atoms with Gasteiger partial charge in [-0.05, 0) is 36.8 Å². The maximum atomic E-state index is 11.9. The number of ether oxygens (including phenoxy) is 3. The SMILES string of the molecule is CCN(CCOC(=O)Oc1ccccc1)c1ccccc1OCc1ccccc1. The average Bonchev–Trinajstić information content (AvgIpc) is 2.77. The van der Waals surface area contributed by atoms with Crippen molar-refractivity contribution in [3.63, 3.8) is 0 Å². The maximum absolute atomic E-state index is 11.9. The van der Waals surface area contributed by atoms with Crippen LogP contribution in [-0.4, -0.2) is 25.9 Å². The van der Waals surface area contributed by atoms with Crippen LogP contribution in [0.25, 0.3) is 0 Å². The van der Waals surface area contributed by atoms with Gasteiger partial charge in [0.25, 0.3) is 0 Å². The van der Waals surface area contributed by atoms with Crippen molar-refractivity contribution in [1.29, 1.82) is 0 Å². The van der Waals surface area contributed by atoms with Gasteiger partial charge in [-0.3, -0.25) is 0 Å². The Labute approximate surface area is 171 Å². The number of carbonyl (C=O) groups excluding carboxylic acids is 1. The van der Waals surface area contributed by atoms with Crippen molar-refractivity contribution in [1.82, 2.24) is 0 Å².